The van der Waals surface area contributed by atoms with Crippen LogP contribution in [-0.4, -0.2) is 15.6 Å². The maximum absolute atomic E-state index is 13.6. The molecule has 1 unspecified atom stereocenters. The van der Waals surface area contributed by atoms with E-state index in [1.54, 1.807) is 4.68 Å². The van der Waals surface area contributed by atoms with Crippen LogP contribution in [0.3, 0.4) is 0 Å². The van der Waals surface area contributed by atoms with Crippen molar-refractivity contribution < 1.29 is 4.79 Å². The number of fused-ring (bicyclic) bond motifs is 3. The highest BCUT2D eigenvalue weighted by atomic mass is 16.1. The van der Waals surface area contributed by atoms with Crippen LogP contribution in [0.15, 0.2) is 89.2 Å². The molecule has 1 atom stereocenters. The lowest BCUT2D eigenvalue weighted by atomic mass is 9.81. The number of aryl methyl sites for hydroxylation is 1. The third-order valence-corrected chi connectivity index (χ3v) is 6.10. The number of hydrogen-bond donors (Lipinski definition) is 2. The number of carbonyl (C=O) groups is 1. The van der Waals surface area contributed by atoms with Crippen molar-refractivity contribution in [3.8, 4) is 5.69 Å². The van der Waals surface area contributed by atoms with Crippen LogP contribution in [0, 0.1) is 6.92 Å². The molecule has 5 nitrogen and oxygen atoms in total. The van der Waals surface area contributed by atoms with E-state index >= 15 is 0 Å². The Hall–Kier alpha value is -4.12. The highest BCUT2D eigenvalue weighted by molar-refractivity contribution is 6.23. The second-order valence-electron chi connectivity index (χ2n) is 8.01. The maximum atomic E-state index is 13.6. The molecule has 2 N–H and O–H groups in total. The van der Waals surface area contributed by atoms with Crippen LogP contribution in [-0.2, 0) is 0 Å². The molecule has 4 aromatic rings. The summed E-state index contributed by atoms with van der Waals surface area (Å²) >= 11 is 0. The van der Waals surface area contributed by atoms with Crippen molar-refractivity contribution in [3.63, 3.8) is 0 Å². The second kappa shape index (κ2) is 6.44. The Kier molecular flexibility index (Phi) is 3.68. The van der Waals surface area contributed by atoms with Gasteiger partial charge >= 0.3 is 0 Å². The number of nitrogens with one attached hydrogen (secondary N) is 2. The lowest BCUT2D eigenvalue weighted by Crippen LogP contribution is -2.25. The molecule has 0 fully saturated rings. The Bertz CT molecular complexity index is 1460. The fourth-order valence-electron chi connectivity index (χ4n) is 4.74. The number of hydrogen-bond acceptors (Lipinski definition) is 3. The van der Waals surface area contributed by atoms with Gasteiger partial charge in [-0.3, -0.25) is 14.7 Å². The number of allylic oxidation sites excluding steroid dienone is 1. The van der Waals surface area contributed by atoms with Crippen LogP contribution in [0.4, 0.5) is 5.82 Å². The first-order valence-electron chi connectivity index (χ1n) is 10.3. The van der Waals surface area contributed by atoms with E-state index in [-0.39, 0.29) is 11.3 Å². The van der Waals surface area contributed by atoms with Gasteiger partial charge in [-0.05, 0) is 24.6 Å². The quantitative estimate of drug-likeness (QED) is 0.511. The number of ketones is 1. The second-order valence-corrected chi connectivity index (χ2v) is 8.01. The monoisotopic (exact) mass is 405 g/mol. The van der Waals surface area contributed by atoms with E-state index in [1.807, 2.05) is 79.7 Å². The van der Waals surface area contributed by atoms with E-state index in [1.165, 1.54) is 0 Å². The summed E-state index contributed by atoms with van der Waals surface area (Å²) in [5.41, 5.74) is 6.14. The van der Waals surface area contributed by atoms with E-state index in [4.69, 9.17) is 0 Å². The zero-order valence-corrected chi connectivity index (χ0v) is 16.8. The normalized spacial score (nSPS) is 16.5. The summed E-state index contributed by atoms with van der Waals surface area (Å²) in [6, 6.07) is 25.1. The summed E-state index contributed by atoms with van der Waals surface area (Å²) in [7, 11) is 0. The van der Waals surface area contributed by atoms with E-state index in [2.05, 4.69) is 16.5 Å². The number of rotatable bonds is 2. The van der Waals surface area contributed by atoms with Crippen LogP contribution in [0.1, 0.15) is 38.5 Å². The van der Waals surface area contributed by atoms with Gasteiger partial charge in [-0.15, -0.1) is 0 Å². The number of carbonyl (C=O) groups excluding carboxylic acids is 1. The van der Waals surface area contributed by atoms with Crippen molar-refractivity contribution in [1.29, 1.82) is 0 Å². The van der Waals surface area contributed by atoms with Crippen molar-refractivity contribution >= 4 is 17.3 Å². The predicted molar refractivity (Wildman–Crippen MR) is 121 cm³/mol. The average Bonchev–Trinajstić information content (AvgIpc) is 3.28. The van der Waals surface area contributed by atoms with Gasteiger partial charge in [0.25, 0.3) is 5.56 Å². The summed E-state index contributed by atoms with van der Waals surface area (Å²) in [6.07, 6.45) is 0. The van der Waals surface area contributed by atoms with Gasteiger partial charge in [0, 0.05) is 22.6 Å². The number of para-hydroxylation sites is 1. The number of aromatic amines is 1. The summed E-state index contributed by atoms with van der Waals surface area (Å²) < 4.78 is 1.54. The predicted octanol–water partition coefficient (Wildman–Crippen LogP) is 4.64. The third-order valence-electron chi connectivity index (χ3n) is 6.10. The van der Waals surface area contributed by atoms with Gasteiger partial charge in [-0.2, -0.15) is 0 Å². The molecule has 2 aliphatic rings. The first kappa shape index (κ1) is 17.7. The molecule has 2 heterocycles. The molecular formula is C26H19N3O2. The molecule has 0 bridgehead atoms. The van der Waals surface area contributed by atoms with Crippen molar-refractivity contribution in [2.24, 2.45) is 0 Å². The number of benzene rings is 3. The number of Topliss-reactive ketones (excluding diaryl/α,β-unsaturated/α-hetero) is 1. The minimum atomic E-state index is -0.445. The van der Waals surface area contributed by atoms with Gasteiger partial charge in [0.1, 0.15) is 5.82 Å². The molecule has 1 aromatic heterocycles. The Balaban J connectivity index is 1.63. The molecule has 3 aromatic carbocycles. The molecule has 6 rings (SSSR count). The van der Waals surface area contributed by atoms with Gasteiger partial charge < -0.3 is 5.32 Å². The molecular weight excluding hydrogens is 386 g/mol. The molecule has 150 valence electrons. The van der Waals surface area contributed by atoms with E-state index in [0.29, 0.717) is 22.5 Å². The average molecular weight is 405 g/mol. The summed E-state index contributed by atoms with van der Waals surface area (Å²) in [6.45, 7) is 2.02. The molecule has 0 spiro atoms. The van der Waals surface area contributed by atoms with Crippen LogP contribution in [0.25, 0.3) is 11.4 Å². The highest BCUT2D eigenvalue weighted by Crippen LogP contribution is 2.47. The molecule has 1 aliphatic heterocycles. The van der Waals surface area contributed by atoms with Crippen LogP contribution < -0.4 is 10.9 Å². The maximum Gasteiger partial charge on any atom is 0.277 e. The first-order valence-corrected chi connectivity index (χ1v) is 10.3. The molecule has 0 amide bonds. The van der Waals surface area contributed by atoms with Crippen LogP contribution in [0.5, 0.6) is 0 Å². The largest absolute Gasteiger partial charge is 0.339 e. The molecule has 5 heteroatoms. The smallest absolute Gasteiger partial charge is 0.277 e. The van der Waals surface area contributed by atoms with E-state index in [0.717, 1.165) is 28.1 Å². The van der Waals surface area contributed by atoms with Gasteiger partial charge in [0.05, 0.1) is 16.9 Å². The molecule has 0 radical (unpaired) electrons. The third kappa shape index (κ3) is 2.50. The van der Waals surface area contributed by atoms with Crippen molar-refractivity contribution in [1.82, 2.24) is 9.78 Å². The number of aromatic nitrogens is 2. The van der Waals surface area contributed by atoms with Crippen LogP contribution >= 0.6 is 0 Å². The van der Waals surface area contributed by atoms with Crippen LogP contribution in [0.2, 0.25) is 0 Å². The SMILES string of the molecule is Cc1cccc(C2C3=C(Nc4[nH]n(-c5ccccc5)c(=O)c42)c2ccccc2C3=O)c1. The van der Waals surface area contributed by atoms with Gasteiger partial charge in [0.2, 0.25) is 0 Å². The molecule has 0 saturated heterocycles. The lowest BCUT2D eigenvalue weighted by molar-refractivity contribution is 0.103. The van der Waals surface area contributed by atoms with E-state index < -0.39 is 5.92 Å². The van der Waals surface area contributed by atoms with Gasteiger partial charge in [-0.25, -0.2) is 4.68 Å². The Morgan fingerprint density at radius 3 is 2.35 bits per heavy atom. The van der Waals surface area contributed by atoms with Gasteiger partial charge in [0.15, 0.2) is 5.78 Å². The number of H-pyrrole nitrogens is 1. The summed E-state index contributed by atoms with van der Waals surface area (Å²) in [4.78, 5) is 27.1. The molecule has 1 aliphatic carbocycles. The Morgan fingerprint density at radius 1 is 0.839 bits per heavy atom. The fraction of sp³-hybridized carbons (Fsp3) is 0.0769. The topological polar surface area (TPSA) is 66.9 Å². The minimum Gasteiger partial charge on any atom is -0.339 e. The van der Waals surface area contributed by atoms with Crippen molar-refractivity contribution in [2.75, 3.05) is 5.32 Å². The Labute approximate surface area is 178 Å². The molecule has 0 saturated carbocycles. The minimum absolute atomic E-state index is 0.0258. The zero-order valence-electron chi connectivity index (χ0n) is 16.8. The first-order chi connectivity index (χ1) is 15.1. The highest BCUT2D eigenvalue weighted by Gasteiger charge is 2.42. The van der Waals surface area contributed by atoms with Crippen molar-refractivity contribution in [3.05, 3.63) is 123 Å². The fourth-order valence-corrected chi connectivity index (χ4v) is 4.74. The summed E-state index contributed by atoms with van der Waals surface area (Å²) in [5.74, 6) is 0.158. The van der Waals surface area contributed by atoms with E-state index in [9.17, 15) is 9.59 Å². The summed E-state index contributed by atoms with van der Waals surface area (Å²) in [5, 5.41) is 6.61. The molecule has 31 heavy (non-hydrogen) atoms. The van der Waals surface area contributed by atoms with Crippen molar-refractivity contribution in [2.45, 2.75) is 12.8 Å². The zero-order chi connectivity index (χ0) is 21.1. The number of nitrogens with zero attached hydrogens (tertiary/aromatic N) is 1. The lowest BCUT2D eigenvalue weighted by Gasteiger charge is -2.25. The standard InChI is InChI=1S/C26H19N3O2/c1-15-8-7-9-16(14-15)20-21-23(18-12-5-6-13-19(18)24(21)30)27-25-22(20)26(31)29(28-25)17-10-3-2-4-11-17/h2-14,20,27-28H,1H3. The Morgan fingerprint density at radius 2 is 1.58 bits per heavy atom. The van der Waals surface area contributed by atoms with Gasteiger partial charge in [-0.1, -0.05) is 72.3 Å². The number of anilines is 1.